The number of nitrogens with zero attached hydrogens (tertiary/aromatic N) is 4. The largest absolute Gasteiger partial charge is 0.416 e. The predicted octanol–water partition coefficient (Wildman–Crippen LogP) is 4.64. The van der Waals surface area contributed by atoms with Gasteiger partial charge in [0.25, 0.3) is 0 Å². The number of alkyl halides is 3. The first-order chi connectivity index (χ1) is 13.2. The lowest BCUT2D eigenvalue weighted by molar-refractivity contribution is -0.137. The van der Waals surface area contributed by atoms with Crippen LogP contribution in [0.2, 0.25) is 0 Å². The molecule has 1 N–H and O–H groups in total. The first-order valence-corrected chi connectivity index (χ1v) is 9.57. The first kappa shape index (κ1) is 20.5. The summed E-state index contributed by atoms with van der Waals surface area (Å²) in [6, 6.07) is 3.80. The summed E-state index contributed by atoms with van der Waals surface area (Å²) < 4.78 is 38.9. The molecule has 1 aliphatic rings. The van der Waals surface area contributed by atoms with Gasteiger partial charge in [0, 0.05) is 31.1 Å². The molecule has 0 radical (unpaired) electrons. The van der Waals surface area contributed by atoms with Crippen molar-refractivity contribution in [2.45, 2.75) is 45.2 Å². The molecule has 0 aliphatic carbocycles. The maximum absolute atomic E-state index is 13.0. The van der Waals surface area contributed by atoms with Gasteiger partial charge in [0.15, 0.2) is 0 Å². The molecular weight excluding hydrogens is 367 g/mol. The molecule has 2 aromatic rings. The number of hydrogen-bond donors (Lipinski definition) is 1. The third-order valence-corrected chi connectivity index (χ3v) is 4.77. The molecular formula is C20H26F3N5. The van der Waals surface area contributed by atoms with Gasteiger partial charge in [-0.05, 0) is 44.5 Å². The average molecular weight is 393 g/mol. The Morgan fingerprint density at radius 3 is 2.68 bits per heavy atom. The molecule has 8 heteroatoms. The van der Waals surface area contributed by atoms with Crippen LogP contribution in [0, 0.1) is 5.92 Å². The van der Waals surface area contributed by atoms with E-state index in [4.69, 9.17) is 4.98 Å². The standard InChI is InChI=1S/C20H26F3N5/c1-13(2)9-18-25-16(14-5-4-8-28(3)12-14)11-19(27-18)26-17-10-15(6-7-24-17)20(21,22)23/h6-7,10-11,13-14H,4-5,8-9,12H2,1-3H3,(H,24,25,26,27). The van der Waals surface area contributed by atoms with Gasteiger partial charge >= 0.3 is 6.18 Å². The van der Waals surface area contributed by atoms with E-state index in [1.54, 1.807) is 0 Å². The van der Waals surface area contributed by atoms with Crippen molar-refractivity contribution in [3.63, 3.8) is 0 Å². The van der Waals surface area contributed by atoms with Crippen LogP contribution in [0.3, 0.4) is 0 Å². The molecule has 3 heterocycles. The fraction of sp³-hybridized carbons (Fsp3) is 0.550. The number of hydrogen-bond acceptors (Lipinski definition) is 5. The minimum Gasteiger partial charge on any atom is -0.325 e. The van der Waals surface area contributed by atoms with Crippen LogP contribution in [0.1, 0.15) is 49.7 Å². The molecule has 0 saturated carbocycles. The van der Waals surface area contributed by atoms with E-state index < -0.39 is 11.7 Å². The molecule has 2 aromatic heterocycles. The number of nitrogens with one attached hydrogen (secondary N) is 1. The van der Waals surface area contributed by atoms with Crippen LogP contribution in [-0.4, -0.2) is 40.0 Å². The average Bonchev–Trinajstić information content (AvgIpc) is 2.60. The van der Waals surface area contributed by atoms with Gasteiger partial charge in [-0.25, -0.2) is 15.0 Å². The molecule has 0 amide bonds. The van der Waals surface area contributed by atoms with E-state index in [1.165, 1.54) is 0 Å². The normalized spacial score (nSPS) is 18.5. The van der Waals surface area contributed by atoms with E-state index in [1.807, 2.05) is 6.07 Å². The number of likely N-dealkylation sites (tertiary alicyclic amines) is 1. The van der Waals surface area contributed by atoms with Gasteiger partial charge in [0.1, 0.15) is 17.5 Å². The summed E-state index contributed by atoms with van der Waals surface area (Å²) >= 11 is 0. The van der Waals surface area contributed by atoms with Crippen molar-refractivity contribution in [2.24, 2.45) is 5.92 Å². The maximum Gasteiger partial charge on any atom is 0.416 e. The third-order valence-electron chi connectivity index (χ3n) is 4.77. The minimum atomic E-state index is -4.41. The summed E-state index contributed by atoms with van der Waals surface area (Å²) in [5.74, 6) is 1.98. The van der Waals surface area contributed by atoms with Gasteiger partial charge in [-0.15, -0.1) is 0 Å². The minimum absolute atomic E-state index is 0.121. The molecule has 5 nitrogen and oxygen atoms in total. The van der Waals surface area contributed by atoms with Crippen LogP contribution in [0.25, 0.3) is 0 Å². The van der Waals surface area contributed by atoms with Gasteiger partial charge < -0.3 is 10.2 Å². The molecule has 0 spiro atoms. The lowest BCUT2D eigenvalue weighted by Crippen LogP contribution is -2.31. The third kappa shape index (κ3) is 5.41. The van der Waals surface area contributed by atoms with Crippen molar-refractivity contribution in [3.05, 3.63) is 41.5 Å². The van der Waals surface area contributed by atoms with Crippen molar-refractivity contribution >= 4 is 11.6 Å². The highest BCUT2D eigenvalue weighted by molar-refractivity contribution is 5.53. The number of likely N-dealkylation sites (N-methyl/N-ethyl adjacent to an activating group) is 1. The van der Waals surface area contributed by atoms with E-state index in [0.29, 0.717) is 29.9 Å². The van der Waals surface area contributed by atoms with E-state index in [-0.39, 0.29) is 5.82 Å². The van der Waals surface area contributed by atoms with Gasteiger partial charge in [-0.2, -0.15) is 13.2 Å². The summed E-state index contributed by atoms with van der Waals surface area (Å²) in [4.78, 5) is 15.6. The van der Waals surface area contributed by atoms with Crippen molar-refractivity contribution in [2.75, 3.05) is 25.5 Å². The monoisotopic (exact) mass is 393 g/mol. The predicted molar refractivity (Wildman–Crippen MR) is 103 cm³/mol. The second kappa shape index (κ2) is 8.43. The number of piperidine rings is 1. The second-order valence-electron chi connectivity index (χ2n) is 7.85. The van der Waals surface area contributed by atoms with E-state index >= 15 is 0 Å². The molecule has 28 heavy (non-hydrogen) atoms. The van der Waals surface area contributed by atoms with Crippen LogP contribution < -0.4 is 5.32 Å². The number of halogens is 3. The molecule has 1 fully saturated rings. The highest BCUT2D eigenvalue weighted by atomic mass is 19.4. The second-order valence-corrected chi connectivity index (χ2v) is 7.85. The fourth-order valence-electron chi connectivity index (χ4n) is 3.46. The summed E-state index contributed by atoms with van der Waals surface area (Å²) in [5, 5.41) is 2.94. The topological polar surface area (TPSA) is 53.9 Å². The number of aromatic nitrogens is 3. The lowest BCUT2D eigenvalue weighted by Gasteiger charge is -2.29. The zero-order chi connectivity index (χ0) is 20.3. The van der Waals surface area contributed by atoms with Crippen LogP contribution in [0.15, 0.2) is 24.4 Å². The number of anilines is 2. The highest BCUT2D eigenvalue weighted by Gasteiger charge is 2.30. The SMILES string of the molecule is CC(C)Cc1nc(Nc2cc(C(F)(F)F)ccn2)cc(C2CCCN(C)C2)n1. The molecule has 0 bridgehead atoms. The van der Waals surface area contributed by atoms with Crippen molar-refractivity contribution in [1.29, 1.82) is 0 Å². The molecule has 3 rings (SSSR count). The zero-order valence-electron chi connectivity index (χ0n) is 16.4. The maximum atomic E-state index is 13.0. The Hall–Kier alpha value is -2.22. The molecule has 0 aromatic carbocycles. The van der Waals surface area contributed by atoms with Crippen molar-refractivity contribution in [1.82, 2.24) is 19.9 Å². The smallest absolute Gasteiger partial charge is 0.325 e. The van der Waals surface area contributed by atoms with Crippen LogP contribution >= 0.6 is 0 Å². The molecule has 152 valence electrons. The summed E-state index contributed by atoms with van der Waals surface area (Å²) in [6.07, 6.45) is -0.405. The Balaban J connectivity index is 1.90. The van der Waals surface area contributed by atoms with E-state index in [0.717, 1.165) is 50.0 Å². The summed E-state index contributed by atoms with van der Waals surface area (Å²) in [5.41, 5.74) is 0.197. The molecule has 1 atom stereocenters. The number of pyridine rings is 1. The summed E-state index contributed by atoms with van der Waals surface area (Å²) in [6.45, 7) is 6.16. The Labute approximate surface area is 163 Å². The quantitative estimate of drug-likeness (QED) is 0.802. The van der Waals surface area contributed by atoms with E-state index in [9.17, 15) is 13.2 Å². The number of rotatable bonds is 5. The van der Waals surface area contributed by atoms with Gasteiger partial charge in [0.05, 0.1) is 11.3 Å². The van der Waals surface area contributed by atoms with Crippen LogP contribution in [0.4, 0.5) is 24.8 Å². The van der Waals surface area contributed by atoms with E-state index in [2.05, 4.69) is 41.1 Å². The van der Waals surface area contributed by atoms with Crippen LogP contribution in [0.5, 0.6) is 0 Å². The highest BCUT2D eigenvalue weighted by Crippen LogP contribution is 2.31. The lowest BCUT2D eigenvalue weighted by atomic mass is 9.94. The molecule has 1 unspecified atom stereocenters. The Bertz CT molecular complexity index is 807. The van der Waals surface area contributed by atoms with Gasteiger partial charge in [-0.1, -0.05) is 13.8 Å². The first-order valence-electron chi connectivity index (χ1n) is 9.57. The zero-order valence-corrected chi connectivity index (χ0v) is 16.4. The van der Waals surface area contributed by atoms with Crippen molar-refractivity contribution in [3.8, 4) is 0 Å². The summed E-state index contributed by atoms with van der Waals surface area (Å²) in [7, 11) is 2.09. The Morgan fingerprint density at radius 2 is 2.00 bits per heavy atom. The van der Waals surface area contributed by atoms with Gasteiger partial charge in [-0.3, -0.25) is 0 Å². The van der Waals surface area contributed by atoms with Gasteiger partial charge in [0.2, 0.25) is 0 Å². The Kier molecular flexibility index (Phi) is 6.17. The molecule has 1 saturated heterocycles. The van der Waals surface area contributed by atoms with Crippen molar-refractivity contribution < 1.29 is 13.2 Å². The Morgan fingerprint density at radius 1 is 1.21 bits per heavy atom. The molecule has 1 aliphatic heterocycles. The fourth-order valence-corrected chi connectivity index (χ4v) is 3.46. The van der Waals surface area contributed by atoms with Crippen LogP contribution in [-0.2, 0) is 12.6 Å².